The lowest BCUT2D eigenvalue weighted by Gasteiger charge is -2.53. The summed E-state index contributed by atoms with van der Waals surface area (Å²) >= 11 is 0. The van der Waals surface area contributed by atoms with Crippen molar-refractivity contribution < 1.29 is 4.74 Å². The first-order valence-electron chi connectivity index (χ1n) is 8.34. The van der Waals surface area contributed by atoms with Crippen LogP contribution in [0.25, 0.3) is 0 Å². The van der Waals surface area contributed by atoms with Gasteiger partial charge in [0, 0.05) is 49.3 Å². The molecular weight excluding hydrogens is 262 g/mol. The molecule has 1 spiro atoms. The fourth-order valence-corrected chi connectivity index (χ4v) is 3.71. The van der Waals surface area contributed by atoms with Crippen molar-refractivity contribution in [2.75, 3.05) is 19.6 Å². The quantitative estimate of drug-likeness (QED) is 0.878. The molecule has 2 aliphatic heterocycles. The van der Waals surface area contributed by atoms with Crippen LogP contribution in [-0.4, -0.2) is 30.7 Å². The van der Waals surface area contributed by atoms with Crippen LogP contribution in [0.4, 0.5) is 0 Å². The molecule has 0 bridgehead atoms. The largest absolute Gasteiger partial charge is 0.490 e. The summed E-state index contributed by atoms with van der Waals surface area (Å²) in [7, 11) is 0. The number of hydrogen-bond donors (Lipinski definition) is 2. The maximum atomic E-state index is 6.24. The summed E-state index contributed by atoms with van der Waals surface area (Å²) in [6.45, 7) is 9.58. The Balaban J connectivity index is 0.000000636. The van der Waals surface area contributed by atoms with Crippen LogP contribution in [0, 0.1) is 5.41 Å². The Morgan fingerprint density at radius 3 is 2.71 bits per heavy atom. The van der Waals surface area contributed by atoms with E-state index in [-0.39, 0.29) is 0 Å². The zero-order valence-corrected chi connectivity index (χ0v) is 13.4. The van der Waals surface area contributed by atoms with E-state index in [9.17, 15) is 0 Å². The molecule has 0 radical (unpaired) electrons. The molecule has 1 atom stereocenters. The highest BCUT2D eigenvalue weighted by Crippen LogP contribution is 2.46. The standard InChI is InChI=1S/C15H21N3O.C2H6/c1-10-14-12(2-4-17-10)18-5-3-13(14)19-11-6-15(7-11)8-16-9-15;1-2/h3,5,10-11,16-17H,2,4,6-9H2,1H3;1-2H3. The number of rotatable bonds is 2. The topological polar surface area (TPSA) is 46.2 Å². The minimum atomic E-state index is 0.354. The molecule has 0 aromatic carbocycles. The summed E-state index contributed by atoms with van der Waals surface area (Å²) in [5.74, 6) is 1.05. The molecule has 4 heteroatoms. The summed E-state index contributed by atoms with van der Waals surface area (Å²) in [6.07, 6.45) is 5.72. The maximum Gasteiger partial charge on any atom is 0.127 e. The third kappa shape index (κ3) is 2.67. The molecule has 0 amide bonds. The van der Waals surface area contributed by atoms with Crippen LogP contribution in [0.3, 0.4) is 0 Å². The molecule has 116 valence electrons. The lowest BCUT2D eigenvalue weighted by molar-refractivity contribution is -0.0501. The first-order chi connectivity index (χ1) is 10.3. The SMILES string of the molecule is CC.CC1NCCc2nccc(OC3CC4(CNC4)C3)c21. The van der Waals surface area contributed by atoms with Crippen molar-refractivity contribution >= 4 is 0 Å². The van der Waals surface area contributed by atoms with E-state index < -0.39 is 0 Å². The maximum absolute atomic E-state index is 6.24. The summed E-state index contributed by atoms with van der Waals surface area (Å²) in [6, 6.07) is 2.39. The highest BCUT2D eigenvalue weighted by atomic mass is 16.5. The molecule has 4 nitrogen and oxygen atoms in total. The molecule has 1 aliphatic carbocycles. The molecule has 3 heterocycles. The molecule has 1 aromatic heterocycles. The van der Waals surface area contributed by atoms with E-state index in [0.717, 1.165) is 18.7 Å². The number of hydrogen-bond acceptors (Lipinski definition) is 4. The summed E-state index contributed by atoms with van der Waals surface area (Å²) < 4.78 is 6.24. The molecule has 3 aliphatic rings. The van der Waals surface area contributed by atoms with E-state index >= 15 is 0 Å². The third-order valence-corrected chi connectivity index (χ3v) is 4.89. The van der Waals surface area contributed by atoms with Gasteiger partial charge in [-0.25, -0.2) is 0 Å². The van der Waals surface area contributed by atoms with Gasteiger partial charge in [0.15, 0.2) is 0 Å². The van der Waals surface area contributed by atoms with E-state index in [1.807, 2.05) is 26.1 Å². The van der Waals surface area contributed by atoms with Crippen molar-refractivity contribution in [1.82, 2.24) is 15.6 Å². The van der Waals surface area contributed by atoms with E-state index in [2.05, 4.69) is 22.5 Å². The van der Waals surface area contributed by atoms with Gasteiger partial charge in [0.2, 0.25) is 0 Å². The predicted octanol–water partition coefficient (Wildman–Crippen LogP) is 2.45. The first kappa shape index (κ1) is 14.8. The molecule has 4 rings (SSSR count). The van der Waals surface area contributed by atoms with Gasteiger partial charge in [-0.2, -0.15) is 0 Å². The number of fused-ring (bicyclic) bond motifs is 1. The van der Waals surface area contributed by atoms with Crippen molar-refractivity contribution in [1.29, 1.82) is 0 Å². The molecule has 1 saturated carbocycles. The number of ether oxygens (including phenoxy) is 1. The average Bonchev–Trinajstić information content (AvgIpc) is 2.43. The fourth-order valence-electron chi connectivity index (χ4n) is 3.71. The molecular formula is C17H27N3O. The van der Waals surface area contributed by atoms with Crippen LogP contribution in [0.2, 0.25) is 0 Å². The summed E-state index contributed by atoms with van der Waals surface area (Å²) in [5.41, 5.74) is 3.06. The van der Waals surface area contributed by atoms with Crippen molar-refractivity contribution in [2.24, 2.45) is 5.41 Å². The van der Waals surface area contributed by atoms with Gasteiger partial charge in [0.05, 0.1) is 11.8 Å². The van der Waals surface area contributed by atoms with E-state index in [1.165, 1.54) is 37.2 Å². The van der Waals surface area contributed by atoms with Crippen LogP contribution in [0.15, 0.2) is 12.3 Å². The number of nitrogens with one attached hydrogen (secondary N) is 2. The number of aromatic nitrogens is 1. The Morgan fingerprint density at radius 2 is 2.05 bits per heavy atom. The first-order valence-corrected chi connectivity index (χ1v) is 8.34. The Morgan fingerprint density at radius 1 is 1.29 bits per heavy atom. The molecule has 1 unspecified atom stereocenters. The Bertz CT molecular complexity index is 491. The molecule has 1 aromatic rings. The second-order valence-electron chi connectivity index (χ2n) is 6.35. The van der Waals surface area contributed by atoms with E-state index in [1.54, 1.807) is 0 Å². The molecule has 2 fully saturated rings. The van der Waals surface area contributed by atoms with Gasteiger partial charge < -0.3 is 15.4 Å². The highest BCUT2D eigenvalue weighted by Gasteiger charge is 2.49. The van der Waals surface area contributed by atoms with Gasteiger partial charge in [0.25, 0.3) is 0 Å². The van der Waals surface area contributed by atoms with Crippen molar-refractivity contribution in [2.45, 2.75) is 52.2 Å². The van der Waals surface area contributed by atoms with Gasteiger partial charge in [-0.05, 0) is 25.8 Å². The van der Waals surface area contributed by atoms with Crippen LogP contribution in [-0.2, 0) is 6.42 Å². The number of pyridine rings is 1. The normalized spacial score (nSPS) is 26.0. The Kier molecular flexibility index (Phi) is 4.18. The fraction of sp³-hybridized carbons (Fsp3) is 0.706. The minimum Gasteiger partial charge on any atom is -0.490 e. The van der Waals surface area contributed by atoms with Gasteiger partial charge in [-0.3, -0.25) is 4.98 Å². The van der Waals surface area contributed by atoms with Gasteiger partial charge in [-0.1, -0.05) is 13.8 Å². The monoisotopic (exact) mass is 289 g/mol. The zero-order chi connectivity index (χ0) is 14.9. The van der Waals surface area contributed by atoms with Crippen molar-refractivity contribution in [3.8, 4) is 5.75 Å². The summed E-state index contributed by atoms with van der Waals surface area (Å²) in [4.78, 5) is 4.51. The Labute approximate surface area is 127 Å². The second-order valence-corrected chi connectivity index (χ2v) is 6.35. The highest BCUT2D eigenvalue weighted by molar-refractivity contribution is 5.40. The van der Waals surface area contributed by atoms with Crippen molar-refractivity contribution in [3.63, 3.8) is 0 Å². The van der Waals surface area contributed by atoms with Crippen molar-refractivity contribution in [3.05, 3.63) is 23.5 Å². The Hall–Kier alpha value is -1.13. The molecule has 1 saturated heterocycles. The lowest BCUT2D eigenvalue weighted by Crippen LogP contribution is -2.62. The summed E-state index contributed by atoms with van der Waals surface area (Å²) in [5, 5.41) is 6.87. The lowest BCUT2D eigenvalue weighted by atomic mass is 9.63. The molecule has 2 N–H and O–H groups in total. The van der Waals surface area contributed by atoms with Gasteiger partial charge in [0.1, 0.15) is 5.75 Å². The van der Waals surface area contributed by atoms with Crippen LogP contribution < -0.4 is 15.4 Å². The average molecular weight is 289 g/mol. The van der Waals surface area contributed by atoms with E-state index in [0.29, 0.717) is 17.6 Å². The predicted molar refractivity (Wildman–Crippen MR) is 84.7 cm³/mol. The van der Waals surface area contributed by atoms with E-state index in [4.69, 9.17) is 4.74 Å². The van der Waals surface area contributed by atoms with Crippen LogP contribution in [0.1, 0.15) is 50.9 Å². The van der Waals surface area contributed by atoms with Gasteiger partial charge in [-0.15, -0.1) is 0 Å². The zero-order valence-electron chi connectivity index (χ0n) is 13.4. The van der Waals surface area contributed by atoms with Crippen LogP contribution in [0.5, 0.6) is 5.75 Å². The number of nitrogens with zero attached hydrogens (tertiary/aromatic N) is 1. The van der Waals surface area contributed by atoms with Gasteiger partial charge >= 0.3 is 0 Å². The second kappa shape index (κ2) is 5.93. The smallest absolute Gasteiger partial charge is 0.127 e. The van der Waals surface area contributed by atoms with Crippen LogP contribution >= 0.6 is 0 Å². The third-order valence-electron chi connectivity index (χ3n) is 4.89. The minimum absolute atomic E-state index is 0.354. The molecule has 21 heavy (non-hydrogen) atoms.